The average Bonchev–Trinajstić information content (AvgIpc) is 3.11. The van der Waals surface area contributed by atoms with Crippen molar-refractivity contribution in [2.75, 3.05) is 18.9 Å². The van der Waals surface area contributed by atoms with Gasteiger partial charge in [0.2, 0.25) is 0 Å². The maximum absolute atomic E-state index is 4.38. The van der Waals surface area contributed by atoms with Crippen LogP contribution in [0.3, 0.4) is 0 Å². The lowest BCUT2D eigenvalue weighted by Crippen LogP contribution is -2.59. The van der Waals surface area contributed by atoms with Crippen LogP contribution in [0, 0.1) is 5.92 Å². The van der Waals surface area contributed by atoms with Gasteiger partial charge in [0.05, 0.1) is 0 Å². The molecular weight excluding hydrogens is 314 g/mol. The maximum atomic E-state index is 4.38. The largest absolute Gasteiger partial charge is 0.332 e. The molecule has 126 valence electrons. The molecule has 3 nitrogen and oxygen atoms in total. The summed E-state index contributed by atoms with van der Waals surface area (Å²) in [6.07, 6.45) is 10.0. The molecule has 0 unspecified atom stereocenters. The first-order valence-corrected chi connectivity index (χ1v) is 10.1. The summed E-state index contributed by atoms with van der Waals surface area (Å²) < 4.78 is 0. The van der Waals surface area contributed by atoms with Crippen LogP contribution >= 0.6 is 11.3 Å². The molecule has 1 aromatic carbocycles. The van der Waals surface area contributed by atoms with Crippen LogP contribution in [0.25, 0.3) is 0 Å². The highest BCUT2D eigenvalue weighted by Gasteiger charge is 2.52. The Balaban J connectivity index is 1.58. The number of hydrogen-bond acceptors (Lipinski definition) is 4. The maximum Gasteiger partial charge on any atom is 0.187 e. The van der Waals surface area contributed by atoms with Crippen molar-refractivity contribution in [2.24, 2.45) is 5.92 Å². The van der Waals surface area contributed by atoms with Crippen molar-refractivity contribution in [3.63, 3.8) is 0 Å². The molecule has 4 heteroatoms. The van der Waals surface area contributed by atoms with E-state index in [2.05, 4.69) is 40.4 Å². The molecule has 3 aliphatic rings. The zero-order valence-electron chi connectivity index (χ0n) is 14.3. The Morgan fingerprint density at radius 3 is 3.12 bits per heavy atom. The van der Waals surface area contributed by atoms with Crippen molar-refractivity contribution in [1.29, 1.82) is 0 Å². The SMILES string of the molecule is CN1CC[C@]23CCCC[C@H]2[C@H]1Cc1ccc(Nc2nccs2)cc13. The normalized spacial score (nSPS) is 32.0. The van der Waals surface area contributed by atoms with E-state index in [1.165, 1.54) is 50.8 Å². The van der Waals surface area contributed by atoms with Gasteiger partial charge in [0.15, 0.2) is 5.13 Å². The molecule has 2 aliphatic carbocycles. The van der Waals surface area contributed by atoms with Gasteiger partial charge in [0, 0.05) is 28.7 Å². The minimum absolute atomic E-state index is 0.434. The van der Waals surface area contributed by atoms with Gasteiger partial charge in [-0.2, -0.15) is 0 Å². The number of nitrogens with zero attached hydrogens (tertiary/aromatic N) is 2. The van der Waals surface area contributed by atoms with E-state index in [1.54, 1.807) is 22.5 Å². The molecule has 1 saturated heterocycles. The zero-order valence-corrected chi connectivity index (χ0v) is 15.1. The third-order valence-electron chi connectivity index (χ3n) is 6.80. The molecule has 1 aromatic heterocycles. The van der Waals surface area contributed by atoms with Crippen LogP contribution in [0.5, 0.6) is 0 Å². The smallest absolute Gasteiger partial charge is 0.187 e. The number of benzene rings is 1. The second-order valence-electron chi connectivity index (χ2n) is 7.84. The van der Waals surface area contributed by atoms with Crippen molar-refractivity contribution in [2.45, 2.75) is 50.0 Å². The zero-order chi connectivity index (χ0) is 16.1. The van der Waals surface area contributed by atoms with Crippen molar-refractivity contribution >= 4 is 22.2 Å². The molecule has 3 atom stereocenters. The number of hydrogen-bond donors (Lipinski definition) is 1. The number of aromatic nitrogens is 1. The molecule has 2 aromatic rings. The molecule has 1 saturated carbocycles. The van der Waals surface area contributed by atoms with Crippen LogP contribution in [-0.4, -0.2) is 29.5 Å². The Hall–Kier alpha value is -1.39. The number of nitrogens with one attached hydrogen (secondary N) is 1. The quantitative estimate of drug-likeness (QED) is 0.868. The number of anilines is 2. The first kappa shape index (κ1) is 14.9. The van der Waals surface area contributed by atoms with Gasteiger partial charge in [-0.05, 0) is 68.5 Å². The monoisotopic (exact) mass is 339 g/mol. The number of rotatable bonds is 2. The van der Waals surface area contributed by atoms with Crippen LogP contribution in [0.15, 0.2) is 29.8 Å². The Labute approximate surface area is 148 Å². The second-order valence-corrected chi connectivity index (χ2v) is 8.74. The predicted molar refractivity (Wildman–Crippen MR) is 100 cm³/mol. The van der Waals surface area contributed by atoms with Gasteiger partial charge in [-0.15, -0.1) is 11.3 Å². The summed E-state index contributed by atoms with van der Waals surface area (Å²) in [4.78, 5) is 7.01. The van der Waals surface area contributed by atoms with Gasteiger partial charge >= 0.3 is 0 Å². The summed E-state index contributed by atoms with van der Waals surface area (Å²) in [5.41, 5.74) is 4.89. The van der Waals surface area contributed by atoms with Crippen LogP contribution in [0.1, 0.15) is 43.2 Å². The molecule has 0 spiro atoms. The lowest BCUT2D eigenvalue weighted by atomic mass is 9.52. The summed E-state index contributed by atoms with van der Waals surface area (Å²) in [5.74, 6) is 0.854. The number of fused-ring (bicyclic) bond motifs is 1. The van der Waals surface area contributed by atoms with Crippen molar-refractivity contribution in [3.8, 4) is 0 Å². The van der Waals surface area contributed by atoms with Crippen molar-refractivity contribution in [1.82, 2.24) is 9.88 Å². The molecule has 1 N–H and O–H groups in total. The van der Waals surface area contributed by atoms with Crippen LogP contribution in [-0.2, 0) is 11.8 Å². The third kappa shape index (κ3) is 2.16. The highest BCUT2D eigenvalue weighted by molar-refractivity contribution is 7.13. The molecule has 0 radical (unpaired) electrons. The van der Waals surface area contributed by atoms with Crippen LogP contribution in [0.2, 0.25) is 0 Å². The summed E-state index contributed by atoms with van der Waals surface area (Å²) in [6.45, 7) is 1.25. The van der Waals surface area contributed by atoms with Crippen molar-refractivity contribution in [3.05, 3.63) is 40.9 Å². The fourth-order valence-electron chi connectivity index (χ4n) is 5.68. The Kier molecular flexibility index (Phi) is 3.46. The average molecular weight is 340 g/mol. The Morgan fingerprint density at radius 2 is 2.25 bits per heavy atom. The van der Waals surface area contributed by atoms with Crippen LogP contribution in [0.4, 0.5) is 10.8 Å². The fourth-order valence-corrected chi connectivity index (χ4v) is 6.23. The molecule has 24 heavy (non-hydrogen) atoms. The Morgan fingerprint density at radius 1 is 1.29 bits per heavy atom. The minimum Gasteiger partial charge on any atom is -0.332 e. The molecule has 1 aliphatic heterocycles. The van der Waals surface area contributed by atoms with E-state index in [0.29, 0.717) is 5.41 Å². The molecule has 2 bridgehead atoms. The van der Waals surface area contributed by atoms with Gasteiger partial charge in [-0.3, -0.25) is 0 Å². The van der Waals surface area contributed by atoms with E-state index in [9.17, 15) is 0 Å². The molecule has 2 heterocycles. The van der Waals surface area contributed by atoms with E-state index in [4.69, 9.17) is 0 Å². The molecular formula is C20H25N3S. The van der Waals surface area contributed by atoms with Gasteiger partial charge in [-0.25, -0.2) is 4.98 Å². The molecule has 0 amide bonds. The lowest BCUT2D eigenvalue weighted by Gasteiger charge is -2.58. The summed E-state index contributed by atoms with van der Waals surface area (Å²) >= 11 is 1.67. The number of likely N-dealkylation sites (tertiary alicyclic amines) is 1. The fraction of sp³-hybridized carbons (Fsp3) is 0.550. The topological polar surface area (TPSA) is 28.2 Å². The number of thiazole rings is 1. The van der Waals surface area contributed by atoms with Gasteiger partial charge in [0.1, 0.15) is 0 Å². The van der Waals surface area contributed by atoms with E-state index in [0.717, 1.165) is 17.1 Å². The summed E-state index contributed by atoms with van der Waals surface area (Å²) in [5, 5.41) is 6.52. The third-order valence-corrected chi connectivity index (χ3v) is 7.49. The lowest BCUT2D eigenvalue weighted by molar-refractivity contribution is 0.00290. The highest BCUT2D eigenvalue weighted by Crippen LogP contribution is 2.55. The highest BCUT2D eigenvalue weighted by atomic mass is 32.1. The predicted octanol–water partition coefficient (Wildman–Crippen LogP) is 4.57. The van der Waals surface area contributed by atoms with Crippen LogP contribution < -0.4 is 5.32 Å². The van der Waals surface area contributed by atoms with Gasteiger partial charge < -0.3 is 10.2 Å². The van der Waals surface area contributed by atoms with Gasteiger partial charge in [0.25, 0.3) is 0 Å². The summed E-state index contributed by atoms with van der Waals surface area (Å²) in [7, 11) is 2.34. The standard InChI is InChI=1S/C20H25N3S/c1-23-10-8-20-7-3-2-4-16(20)18(23)12-14-5-6-15(13-17(14)20)22-19-21-9-11-24-19/h5-6,9,11,13,16,18H,2-4,7-8,10,12H2,1H3,(H,21,22)/t16-,18+,20+/m0/s1. The Bertz CT molecular complexity index is 741. The van der Waals surface area contributed by atoms with E-state index in [-0.39, 0.29) is 0 Å². The van der Waals surface area contributed by atoms with Gasteiger partial charge in [-0.1, -0.05) is 18.9 Å². The van der Waals surface area contributed by atoms with E-state index >= 15 is 0 Å². The number of likely N-dealkylation sites (N-methyl/N-ethyl adjacent to an activating group) is 1. The second kappa shape index (κ2) is 5.57. The van der Waals surface area contributed by atoms with E-state index in [1.807, 2.05) is 11.6 Å². The first-order valence-electron chi connectivity index (χ1n) is 9.26. The number of piperidine rings is 1. The van der Waals surface area contributed by atoms with E-state index < -0.39 is 0 Å². The molecule has 5 rings (SSSR count). The van der Waals surface area contributed by atoms with Crippen molar-refractivity contribution < 1.29 is 0 Å². The minimum atomic E-state index is 0.434. The summed E-state index contributed by atoms with van der Waals surface area (Å²) in [6, 6.07) is 7.83. The molecule has 2 fully saturated rings. The first-order chi connectivity index (χ1) is 11.8.